The molecular formula is C29H32N2O5S. The highest BCUT2D eigenvalue weighted by Gasteiger charge is 2.32. The van der Waals surface area contributed by atoms with Crippen LogP contribution in [0, 0.1) is 0 Å². The molecule has 3 N–H and O–H groups in total. The number of carbonyl (C=O) groups excluding carboxylic acids is 1. The minimum absolute atomic E-state index is 0.124. The van der Waals surface area contributed by atoms with E-state index in [2.05, 4.69) is 22.8 Å². The van der Waals surface area contributed by atoms with Crippen molar-refractivity contribution in [1.29, 1.82) is 0 Å². The van der Waals surface area contributed by atoms with Crippen LogP contribution in [0.5, 0.6) is 0 Å². The molecule has 1 aromatic heterocycles. The van der Waals surface area contributed by atoms with Crippen molar-refractivity contribution in [3.05, 3.63) is 81.7 Å². The van der Waals surface area contributed by atoms with Crippen LogP contribution in [-0.4, -0.2) is 49.5 Å². The third kappa shape index (κ3) is 5.56. The number of thiophene rings is 1. The van der Waals surface area contributed by atoms with E-state index in [-0.39, 0.29) is 23.0 Å². The van der Waals surface area contributed by atoms with E-state index in [1.54, 1.807) is 19.2 Å². The minimum Gasteiger partial charge on any atom is -0.478 e. The Balaban J connectivity index is 1.26. The Morgan fingerprint density at radius 1 is 1.11 bits per heavy atom. The van der Waals surface area contributed by atoms with Gasteiger partial charge in [0, 0.05) is 51.0 Å². The number of aryl methyl sites for hydroxylation is 1. The van der Waals surface area contributed by atoms with Gasteiger partial charge in [0.1, 0.15) is 5.00 Å². The summed E-state index contributed by atoms with van der Waals surface area (Å²) in [7, 11) is 1.73. The summed E-state index contributed by atoms with van der Waals surface area (Å²) in [4.78, 5) is 25.2. The van der Waals surface area contributed by atoms with Gasteiger partial charge in [0.25, 0.3) is 5.91 Å². The average molecular weight is 521 g/mol. The maximum Gasteiger partial charge on any atom is 0.339 e. The molecule has 2 aromatic carbocycles. The number of aromatic carboxylic acids is 1. The van der Waals surface area contributed by atoms with Gasteiger partial charge >= 0.3 is 5.97 Å². The van der Waals surface area contributed by atoms with Gasteiger partial charge in [-0.2, -0.15) is 0 Å². The van der Waals surface area contributed by atoms with Crippen molar-refractivity contribution in [1.82, 2.24) is 0 Å². The van der Waals surface area contributed by atoms with E-state index in [0.29, 0.717) is 30.3 Å². The molecule has 1 saturated heterocycles. The van der Waals surface area contributed by atoms with E-state index in [0.717, 1.165) is 43.4 Å². The number of carboxylic acids is 1. The molecule has 1 unspecified atom stereocenters. The third-order valence-electron chi connectivity index (χ3n) is 7.65. The maximum absolute atomic E-state index is 13.0. The van der Waals surface area contributed by atoms with Gasteiger partial charge < -0.3 is 25.2 Å². The van der Waals surface area contributed by atoms with Crippen LogP contribution in [0.25, 0.3) is 0 Å². The van der Waals surface area contributed by atoms with Crippen molar-refractivity contribution < 1.29 is 24.2 Å². The molecule has 0 bridgehead atoms. The minimum atomic E-state index is -1.01. The number of anilines is 2. The predicted octanol–water partition coefficient (Wildman–Crippen LogP) is 5.58. The molecule has 0 radical (unpaired) electrons. The lowest BCUT2D eigenvalue weighted by Gasteiger charge is -2.36. The number of rotatable bonds is 8. The lowest BCUT2D eigenvalue weighted by atomic mass is 9.80. The number of methoxy groups -OCH3 is 1. The van der Waals surface area contributed by atoms with Gasteiger partial charge in [-0.25, -0.2) is 4.79 Å². The Labute approximate surface area is 220 Å². The molecule has 2 heterocycles. The summed E-state index contributed by atoms with van der Waals surface area (Å²) in [5.74, 6) is -1.21. The number of hydrogen-bond donors (Lipinski definition) is 3. The van der Waals surface area contributed by atoms with Crippen LogP contribution in [0.15, 0.2) is 53.9 Å². The van der Waals surface area contributed by atoms with Crippen LogP contribution >= 0.6 is 11.3 Å². The Hall–Kier alpha value is -3.20. The number of ether oxygens (including phenoxy) is 2. The second kappa shape index (κ2) is 11.0. The van der Waals surface area contributed by atoms with E-state index in [1.165, 1.54) is 22.5 Å². The number of nitrogens with one attached hydrogen (secondary N) is 2. The molecule has 0 saturated carbocycles. The maximum atomic E-state index is 13.0. The fourth-order valence-corrected chi connectivity index (χ4v) is 6.35. The molecule has 1 aliphatic heterocycles. The number of carbonyl (C=O) groups is 2. The molecule has 1 aliphatic carbocycles. The molecule has 8 heteroatoms. The quantitative estimate of drug-likeness (QED) is 0.359. The molecule has 0 spiro atoms. The first-order valence-electron chi connectivity index (χ1n) is 12.7. The van der Waals surface area contributed by atoms with Crippen molar-refractivity contribution in [2.75, 3.05) is 37.5 Å². The predicted molar refractivity (Wildman–Crippen MR) is 145 cm³/mol. The molecule has 7 nitrogen and oxygen atoms in total. The number of carboxylic acid groups (broad SMARTS) is 1. The van der Waals surface area contributed by atoms with Crippen LogP contribution < -0.4 is 10.6 Å². The van der Waals surface area contributed by atoms with E-state index < -0.39 is 5.97 Å². The van der Waals surface area contributed by atoms with Gasteiger partial charge in [0.2, 0.25) is 0 Å². The van der Waals surface area contributed by atoms with Crippen molar-refractivity contribution in [3.63, 3.8) is 0 Å². The zero-order valence-electron chi connectivity index (χ0n) is 20.9. The van der Waals surface area contributed by atoms with Gasteiger partial charge in [-0.3, -0.25) is 4.79 Å². The molecular weight excluding hydrogens is 488 g/mol. The van der Waals surface area contributed by atoms with Crippen LogP contribution in [0.1, 0.15) is 62.6 Å². The average Bonchev–Trinajstić information content (AvgIpc) is 3.36. The highest BCUT2D eigenvalue weighted by molar-refractivity contribution is 7.15. The topological polar surface area (TPSA) is 96.9 Å². The molecule has 1 atom stereocenters. The first-order chi connectivity index (χ1) is 18.0. The Bertz CT molecular complexity index is 1260. The van der Waals surface area contributed by atoms with Gasteiger partial charge in [0.05, 0.1) is 11.2 Å². The van der Waals surface area contributed by atoms with Crippen molar-refractivity contribution in [3.8, 4) is 0 Å². The standard InChI is InChI=1S/C29H32N2O5S/c1-35-29(12-14-36-15-13-29)18-30-23-10-8-20(9-11-23)26(32)31-27-25(28(33)34)24(17-37-27)22-7-6-19-4-2-3-5-21(19)16-22/h2-5,8-11,17,22,30H,6-7,12-16,18H2,1H3,(H,31,32)(H,33,34). The first kappa shape index (κ1) is 25.4. The van der Waals surface area contributed by atoms with Crippen LogP contribution in [0.4, 0.5) is 10.7 Å². The number of benzene rings is 2. The van der Waals surface area contributed by atoms with Crippen LogP contribution in [0.3, 0.4) is 0 Å². The smallest absolute Gasteiger partial charge is 0.339 e. The lowest BCUT2D eigenvalue weighted by Crippen LogP contribution is -2.44. The number of fused-ring (bicyclic) bond motifs is 1. The molecule has 1 fully saturated rings. The first-order valence-corrected chi connectivity index (χ1v) is 13.6. The summed E-state index contributed by atoms with van der Waals surface area (Å²) in [6, 6.07) is 15.5. The highest BCUT2D eigenvalue weighted by atomic mass is 32.1. The van der Waals surface area contributed by atoms with Crippen molar-refractivity contribution >= 4 is 33.9 Å². The highest BCUT2D eigenvalue weighted by Crippen LogP contribution is 2.40. The van der Waals surface area contributed by atoms with E-state index >= 15 is 0 Å². The van der Waals surface area contributed by atoms with E-state index in [1.807, 2.05) is 29.6 Å². The van der Waals surface area contributed by atoms with Gasteiger partial charge in [-0.05, 0) is 71.5 Å². The SMILES string of the molecule is COC1(CNc2ccc(C(=O)Nc3scc(C4CCc5ccccc5C4)c3C(=O)O)cc2)CCOCC1. The lowest BCUT2D eigenvalue weighted by molar-refractivity contribution is -0.0807. The largest absolute Gasteiger partial charge is 0.478 e. The van der Waals surface area contributed by atoms with E-state index in [4.69, 9.17) is 9.47 Å². The molecule has 37 heavy (non-hydrogen) atoms. The van der Waals surface area contributed by atoms with E-state index in [9.17, 15) is 14.7 Å². The Kier molecular flexibility index (Phi) is 7.60. The molecule has 2 aliphatic rings. The fraction of sp³-hybridized carbons (Fsp3) is 0.379. The molecule has 194 valence electrons. The zero-order valence-corrected chi connectivity index (χ0v) is 21.7. The zero-order chi connectivity index (χ0) is 25.8. The van der Waals surface area contributed by atoms with Gasteiger partial charge in [-0.15, -0.1) is 11.3 Å². The van der Waals surface area contributed by atoms with Crippen LogP contribution in [-0.2, 0) is 22.3 Å². The third-order valence-corrected chi connectivity index (χ3v) is 8.56. The summed E-state index contributed by atoms with van der Waals surface area (Å²) >= 11 is 1.28. The molecule has 5 rings (SSSR count). The Morgan fingerprint density at radius 2 is 1.84 bits per heavy atom. The van der Waals surface area contributed by atoms with Crippen molar-refractivity contribution in [2.24, 2.45) is 0 Å². The van der Waals surface area contributed by atoms with Crippen LogP contribution in [0.2, 0.25) is 0 Å². The van der Waals surface area contributed by atoms with Gasteiger partial charge in [-0.1, -0.05) is 24.3 Å². The summed E-state index contributed by atoms with van der Waals surface area (Å²) in [5.41, 5.74) is 4.73. The number of amides is 1. The summed E-state index contributed by atoms with van der Waals surface area (Å²) in [6.45, 7) is 2.03. The van der Waals surface area contributed by atoms with Gasteiger partial charge in [0.15, 0.2) is 0 Å². The van der Waals surface area contributed by atoms with Crippen molar-refractivity contribution in [2.45, 2.75) is 43.6 Å². The number of hydrogen-bond acceptors (Lipinski definition) is 6. The Morgan fingerprint density at radius 3 is 2.54 bits per heavy atom. The molecule has 1 amide bonds. The second-order valence-corrected chi connectivity index (χ2v) is 10.7. The fourth-order valence-electron chi connectivity index (χ4n) is 5.32. The summed E-state index contributed by atoms with van der Waals surface area (Å²) in [6.07, 6.45) is 4.30. The second-order valence-electron chi connectivity index (χ2n) is 9.79. The summed E-state index contributed by atoms with van der Waals surface area (Å²) in [5, 5.41) is 18.6. The monoisotopic (exact) mass is 520 g/mol. The summed E-state index contributed by atoms with van der Waals surface area (Å²) < 4.78 is 11.2. The molecule has 3 aromatic rings. The normalized spacial score (nSPS) is 18.6.